The fraction of sp³-hybridized carbons (Fsp3) is 0.412. The summed E-state index contributed by atoms with van der Waals surface area (Å²) in [6, 6.07) is 12.7. The largest absolute Gasteiger partial charge is 0.467 e. The van der Waals surface area contributed by atoms with Gasteiger partial charge in [-0.05, 0) is 50.5 Å². The van der Waals surface area contributed by atoms with Crippen molar-refractivity contribution in [1.82, 2.24) is 0 Å². The van der Waals surface area contributed by atoms with Gasteiger partial charge < -0.3 is 14.6 Å². The molecule has 3 nitrogen and oxygen atoms in total. The summed E-state index contributed by atoms with van der Waals surface area (Å²) in [5.74, 6) is 0.971. The minimum absolute atomic E-state index is 0.177. The molecule has 1 aliphatic heterocycles. The third-order valence-corrected chi connectivity index (χ3v) is 3.94. The van der Waals surface area contributed by atoms with Crippen molar-refractivity contribution in [3.8, 4) is 0 Å². The van der Waals surface area contributed by atoms with Crippen LogP contribution in [0.2, 0.25) is 0 Å². The molecule has 20 heavy (non-hydrogen) atoms. The van der Waals surface area contributed by atoms with Crippen LogP contribution in [0.15, 0.2) is 47.1 Å². The average molecular weight is 270 g/mol. The standard InChI is InChI=1S/C17H22N2O/c1-14(17-10-7-13-20-17)18-15-8-3-4-9-16(15)19-11-5-2-6-12-19/h3-4,7-10,13-14,18H,2,5-6,11-12H2,1H3. The molecule has 0 bridgehead atoms. The quantitative estimate of drug-likeness (QED) is 0.890. The molecule has 0 aliphatic carbocycles. The van der Waals surface area contributed by atoms with Crippen molar-refractivity contribution in [3.63, 3.8) is 0 Å². The lowest BCUT2D eigenvalue weighted by molar-refractivity contribution is 0.490. The van der Waals surface area contributed by atoms with Gasteiger partial charge in [0.25, 0.3) is 0 Å². The van der Waals surface area contributed by atoms with E-state index in [0.717, 1.165) is 18.8 Å². The fourth-order valence-electron chi connectivity index (χ4n) is 2.85. The Morgan fingerprint density at radius 2 is 1.85 bits per heavy atom. The summed E-state index contributed by atoms with van der Waals surface area (Å²) in [5, 5.41) is 3.57. The third kappa shape index (κ3) is 2.82. The maximum Gasteiger partial charge on any atom is 0.125 e. The summed E-state index contributed by atoms with van der Waals surface area (Å²) in [7, 11) is 0. The van der Waals surface area contributed by atoms with E-state index in [-0.39, 0.29) is 6.04 Å². The molecule has 3 rings (SSSR count). The third-order valence-electron chi connectivity index (χ3n) is 3.94. The van der Waals surface area contributed by atoms with E-state index in [2.05, 4.69) is 41.4 Å². The Kier molecular flexibility index (Phi) is 3.95. The Bertz CT molecular complexity index is 530. The van der Waals surface area contributed by atoms with Gasteiger partial charge in [-0.15, -0.1) is 0 Å². The predicted molar refractivity (Wildman–Crippen MR) is 83.3 cm³/mol. The lowest BCUT2D eigenvalue weighted by Crippen LogP contribution is -2.30. The Morgan fingerprint density at radius 1 is 1.05 bits per heavy atom. The highest BCUT2D eigenvalue weighted by molar-refractivity contribution is 5.70. The van der Waals surface area contributed by atoms with Crippen molar-refractivity contribution in [1.29, 1.82) is 0 Å². The van der Waals surface area contributed by atoms with Gasteiger partial charge in [-0.1, -0.05) is 12.1 Å². The van der Waals surface area contributed by atoms with E-state index in [9.17, 15) is 0 Å². The normalized spacial score (nSPS) is 16.9. The number of para-hydroxylation sites is 2. The second-order valence-electron chi connectivity index (χ2n) is 5.45. The van der Waals surface area contributed by atoms with Crippen molar-refractivity contribution in [2.24, 2.45) is 0 Å². The molecule has 1 atom stereocenters. The zero-order valence-electron chi connectivity index (χ0n) is 12.0. The molecule has 2 heterocycles. The van der Waals surface area contributed by atoms with Crippen LogP contribution in [0.5, 0.6) is 0 Å². The molecule has 0 saturated carbocycles. The molecule has 1 saturated heterocycles. The van der Waals surface area contributed by atoms with E-state index < -0.39 is 0 Å². The van der Waals surface area contributed by atoms with Gasteiger partial charge in [0, 0.05) is 13.1 Å². The number of hydrogen-bond donors (Lipinski definition) is 1. The van der Waals surface area contributed by atoms with Crippen molar-refractivity contribution in [3.05, 3.63) is 48.4 Å². The first-order valence-corrected chi connectivity index (χ1v) is 7.48. The Morgan fingerprint density at radius 3 is 2.60 bits per heavy atom. The van der Waals surface area contributed by atoms with Gasteiger partial charge in [0.2, 0.25) is 0 Å². The molecule has 1 aromatic heterocycles. The summed E-state index contributed by atoms with van der Waals surface area (Å²) in [6.45, 7) is 4.45. The number of rotatable bonds is 4. The van der Waals surface area contributed by atoms with E-state index in [4.69, 9.17) is 4.42 Å². The maximum atomic E-state index is 5.48. The Balaban J connectivity index is 1.78. The lowest BCUT2D eigenvalue weighted by Gasteiger charge is -2.31. The summed E-state index contributed by atoms with van der Waals surface area (Å²) in [6.07, 6.45) is 5.67. The Labute approximate surface area is 120 Å². The monoisotopic (exact) mass is 270 g/mol. The van der Waals surface area contributed by atoms with Gasteiger partial charge in [-0.3, -0.25) is 0 Å². The molecule has 1 aromatic carbocycles. The number of furan rings is 1. The van der Waals surface area contributed by atoms with Crippen LogP contribution in [0.1, 0.15) is 38.0 Å². The molecule has 2 aromatic rings. The molecule has 0 amide bonds. The average Bonchev–Trinajstić information content (AvgIpc) is 3.03. The Hall–Kier alpha value is -1.90. The van der Waals surface area contributed by atoms with Crippen LogP contribution in [0.3, 0.4) is 0 Å². The number of benzene rings is 1. The van der Waals surface area contributed by atoms with Crippen molar-refractivity contribution in [2.45, 2.75) is 32.2 Å². The van der Waals surface area contributed by atoms with Crippen molar-refractivity contribution < 1.29 is 4.42 Å². The van der Waals surface area contributed by atoms with Crippen LogP contribution in [-0.2, 0) is 0 Å². The molecule has 1 fully saturated rings. The van der Waals surface area contributed by atoms with Gasteiger partial charge >= 0.3 is 0 Å². The molecule has 106 valence electrons. The minimum Gasteiger partial charge on any atom is -0.467 e. The summed E-state index contributed by atoms with van der Waals surface area (Å²) in [4.78, 5) is 2.49. The van der Waals surface area contributed by atoms with E-state index >= 15 is 0 Å². The highest BCUT2D eigenvalue weighted by atomic mass is 16.3. The molecule has 1 unspecified atom stereocenters. The van der Waals surface area contributed by atoms with E-state index in [0.29, 0.717) is 0 Å². The number of nitrogens with one attached hydrogen (secondary N) is 1. The van der Waals surface area contributed by atoms with Gasteiger partial charge in [0.05, 0.1) is 23.7 Å². The second-order valence-corrected chi connectivity index (χ2v) is 5.45. The number of anilines is 2. The number of nitrogens with zero attached hydrogens (tertiary/aromatic N) is 1. The molecule has 1 aliphatic rings. The zero-order chi connectivity index (χ0) is 13.8. The van der Waals surface area contributed by atoms with Gasteiger partial charge in [0.15, 0.2) is 0 Å². The van der Waals surface area contributed by atoms with Crippen LogP contribution >= 0.6 is 0 Å². The number of piperidine rings is 1. The van der Waals surface area contributed by atoms with Crippen LogP contribution < -0.4 is 10.2 Å². The van der Waals surface area contributed by atoms with Gasteiger partial charge in [-0.2, -0.15) is 0 Å². The molecule has 1 N–H and O–H groups in total. The topological polar surface area (TPSA) is 28.4 Å². The van der Waals surface area contributed by atoms with E-state index in [1.807, 2.05) is 12.1 Å². The summed E-state index contributed by atoms with van der Waals surface area (Å²) in [5.41, 5.74) is 2.50. The van der Waals surface area contributed by atoms with Gasteiger partial charge in [-0.25, -0.2) is 0 Å². The first-order chi connectivity index (χ1) is 9.84. The molecular weight excluding hydrogens is 248 g/mol. The summed E-state index contributed by atoms with van der Waals surface area (Å²) >= 11 is 0. The number of hydrogen-bond acceptors (Lipinski definition) is 3. The molecule has 0 spiro atoms. The maximum absolute atomic E-state index is 5.48. The first-order valence-electron chi connectivity index (χ1n) is 7.48. The predicted octanol–water partition coefficient (Wildman–Crippen LogP) is 4.44. The first kappa shape index (κ1) is 13.1. The van der Waals surface area contributed by atoms with Crippen LogP contribution in [0, 0.1) is 0 Å². The molecular formula is C17H22N2O. The highest BCUT2D eigenvalue weighted by Crippen LogP contribution is 2.31. The van der Waals surface area contributed by atoms with Crippen molar-refractivity contribution in [2.75, 3.05) is 23.3 Å². The molecule has 3 heteroatoms. The minimum atomic E-state index is 0.177. The highest BCUT2D eigenvalue weighted by Gasteiger charge is 2.16. The zero-order valence-corrected chi connectivity index (χ0v) is 12.0. The molecule has 0 radical (unpaired) electrons. The van der Waals surface area contributed by atoms with Crippen LogP contribution in [0.4, 0.5) is 11.4 Å². The fourth-order valence-corrected chi connectivity index (χ4v) is 2.85. The second kappa shape index (κ2) is 6.04. The van der Waals surface area contributed by atoms with Crippen molar-refractivity contribution >= 4 is 11.4 Å². The lowest BCUT2D eigenvalue weighted by atomic mass is 10.1. The van der Waals surface area contributed by atoms with E-state index in [1.54, 1.807) is 6.26 Å². The SMILES string of the molecule is CC(Nc1ccccc1N1CCCCC1)c1ccco1. The summed E-state index contributed by atoms with van der Waals surface area (Å²) < 4.78 is 5.48. The smallest absolute Gasteiger partial charge is 0.125 e. The van der Waals surface area contributed by atoms with Gasteiger partial charge in [0.1, 0.15) is 5.76 Å². The van der Waals surface area contributed by atoms with E-state index in [1.165, 1.54) is 30.6 Å². The van der Waals surface area contributed by atoms with Crippen LogP contribution in [-0.4, -0.2) is 13.1 Å². The van der Waals surface area contributed by atoms with Crippen LogP contribution in [0.25, 0.3) is 0 Å².